The lowest BCUT2D eigenvalue weighted by atomic mass is 10.2. The van der Waals surface area contributed by atoms with Crippen molar-refractivity contribution < 1.29 is 9.59 Å². The minimum atomic E-state index is -0.458. The molecule has 0 saturated carbocycles. The Hall–Kier alpha value is -1.07. The van der Waals surface area contributed by atoms with Crippen molar-refractivity contribution >= 4 is 39.3 Å². The number of rotatable bonds is 2. The minimum Gasteiger partial charge on any atom is -0.272 e. The largest absolute Gasteiger partial charge is 0.272 e. The van der Waals surface area contributed by atoms with Crippen molar-refractivity contribution in [2.75, 3.05) is 5.88 Å². The van der Waals surface area contributed by atoms with Gasteiger partial charge in [-0.15, -0.1) is 11.6 Å². The van der Waals surface area contributed by atoms with Crippen LogP contribution in [0.4, 0.5) is 0 Å². The van der Waals surface area contributed by atoms with Crippen molar-refractivity contribution in [2.45, 2.75) is 0 Å². The highest BCUT2D eigenvalue weighted by atomic mass is 79.9. The molecule has 0 aliphatic heterocycles. The number of hydrazine groups is 1. The van der Waals surface area contributed by atoms with Crippen LogP contribution in [0.25, 0.3) is 0 Å². The monoisotopic (exact) mass is 290 g/mol. The Balaban J connectivity index is 2.58. The first-order valence-electron chi connectivity index (χ1n) is 4.04. The highest BCUT2D eigenvalue weighted by molar-refractivity contribution is 9.10. The second kappa shape index (κ2) is 5.72. The Morgan fingerprint density at radius 2 is 2.07 bits per heavy atom. The van der Waals surface area contributed by atoms with E-state index in [1.807, 2.05) is 0 Å². The van der Waals surface area contributed by atoms with E-state index in [1.54, 1.807) is 24.3 Å². The third-order valence-electron chi connectivity index (χ3n) is 1.52. The van der Waals surface area contributed by atoms with Gasteiger partial charge in [-0.1, -0.05) is 22.0 Å². The van der Waals surface area contributed by atoms with Gasteiger partial charge in [0.1, 0.15) is 5.88 Å². The second-order valence-electron chi connectivity index (χ2n) is 2.65. The summed E-state index contributed by atoms with van der Waals surface area (Å²) in [5, 5.41) is 0. The molecule has 1 rings (SSSR count). The fourth-order valence-corrected chi connectivity index (χ4v) is 1.33. The Morgan fingerprint density at radius 3 is 2.67 bits per heavy atom. The van der Waals surface area contributed by atoms with Gasteiger partial charge in [0.2, 0.25) is 0 Å². The van der Waals surface area contributed by atoms with Crippen LogP contribution in [0.3, 0.4) is 0 Å². The first kappa shape index (κ1) is 12.0. The first-order chi connectivity index (χ1) is 7.13. The quantitative estimate of drug-likeness (QED) is 0.640. The van der Waals surface area contributed by atoms with Gasteiger partial charge in [-0.25, -0.2) is 0 Å². The topological polar surface area (TPSA) is 58.2 Å². The number of hydrogen-bond acceptors (Lipinski definition) is 2. The molecule has 80 valence electrons. The van der Waals surface area contributed by atoms with E-state index in [-0.39, 0.29) is 5.88 Å². The van der Waals surface area contributed by atoms with Crippen LogP contribution < -0.4 is 10.9 Å². The predicted octanol–water partition coefficient (Wildman–Crippen LogP) is 1.45. The van der Waals surface area contributed by atoms with E-state index in [4.69, 9.17) is 11.6 Å². The number of nitrogens with one attached hydrogen (secondary N) is 2. The zero-order chi connectivity index (χ0) is 11.3. The van der Waals surface area contributed by atoms with Crippen molar-refractivity contribution in [3.8, 4) is 0 Å². The van der Waals surface area contributed by atoms with Crippen molar-refractivity contribution in [3.05, 3.63) is 34.3 Å². The van der Waals surface area contributed by atoms with Gasteiger partial charge in [0.15, 0.2) is 0 Å². The maximum atomic E-state index is 11.4. The van der Waals surface area contributed by atoms with Crippen LogP contribution in [-0.2, 0) is 4.79 Å². The molecular formula is C9H8BrClN2O2. The summed E-state index contributed by atoms with van der Waals surface area (Å²) >= 11 is 8.47. The van der Waals surface area contributed by atoms with Gasteiger partial charge >= 0.3 is 0 Å². The molecule has 0 radical (unpaired) electrons. The zero-order valence-electron chi connectivity index (χ0n) is 7.59. The van der Waals surface area contributed by atoms with Gasteiger partial charge in [0.05, 0.1) is 0 Å². The molecule has 1 aromatic carbocycles. The highest BCUT2D eigenvalue weighted by Gasteiger charge is 2.06. The molecule has 0 aliphatic carbocycles. The molecule has 15 heavy (non-hydrogen) atoms. The van der Waals surface area contributed by atoms with Crippen LogP contribution in [-0.4, -0.2) is 17.7 Å². The molecular weight excluding hydrogens is 283 g/mol. The van der Waals surface area contributed by atoms with Crippen LogP contribution in [0.15, 0.2) is 28.7 Å². The fourth-order valence-electron chi connectivity index (χ4n) is 0.862. The van der Waals surface area contributed by atoms with Crippen LogP contribution in [0, 0.1) is 0 Å². The maximum absolute atomic E-state index is 11.4. The average Bonchev–Trinajstić information content (AvgIpc) is 2.25. The lowest BCUT2D eigenvalue weighted by molar-refractivity contribution is -0.119. The lowest BCUT2D eigenvalue weighted by Gasteiger charge is -2.05. The Kier molecular flexibility index (Phi) is 4.58. The number of halogens is 2. The number of amides is 2. The summed E-state index contributed by atoms with van der Waals surface area (Å²) < 4.78 is 0.791. The average molecular weight is 292 g/mol. The van der Waals surface area contributed by atoms with Crippen molar-refractivity contribution in [1.29, 1.82) is 0 Å². The minimum absolute atomic E-state index is 0.196. The molecule has 0 spiro atoms. The summed E-state index contributed by atoms with van der Waals surface area (Å²) in [4.78, 5) is 22.2. The van der Waals surface area contributed by atoms with E-state index in [1.165, 1.54) is 0 Å². The van der Waals surface area contributed by atoms with Gasteiger partial charge in [0, 0.05) is 10.0 Å². The molecule has 0 aromatic heterocycles. The molecule has 0 unspecified atom stereocenters. The number of alkyl halides is 1. The van der Waals surface area contributed by atoms with Crippen LogP contribution in [0.1, 0.15) is 10.4 Å². The Labute approximate surface area is 100 Å². The van der Waals surface area contributed by atoms with E-state index in [0.717, 1.165) is 4.47 Å². The number of hydrogen-bond donors (Lipinski definition) is 2. The van der Waals surface area contributed by atoms with Crippen LogP contribution in [0.5, 0.6) is 0 Å². The molecule has 4 nitrogen and oxygen atoms in total. The van der Waals surface area contributed by atoms with Gasteiger partial charge in [-0.05, 0) is 18.2 Å². The summed E-state index contributed by atoms with van der Waals surface area (Å²) in [5.74, 6) is -1.05. The molecule has 0 bridgehead atoms. The SMILES string of the molecule is O=C(CCl)NNC(=O)c1cccc(Br)c1. The summed E-state index contributed by atoms with van der Waals surface area (Å²) in [6.45, 7) is 0. The third-order valence-corrected chi connectivity index (χ3v) is 2.26. The highest BCUT2D eigenvalue weighted by Crippen LogP contribution is 2.11. The lowest BCUT2D eigenvalue weighted by Crippen LogP contribution is -2.42. The molecule has 0 fully saturated rings. The molecule has 2 N–H and O–H groups in total. The molecule has 0 heterocycles. The van der Waals surface area contributed by atoms with E-state index >= 15 is 0 Å². The third kappa shape index (κ3) is 3.89. The van der Waals surface area contributed by atoms with Gasteiger partial charge < -0.3 is 0 Å². The van der Waals surface area contributed by atoms with Gasteiger partial charge in [-0.3, -0.25) is 20.4 Å². The van der Waals surface area contributed by atoms with Crippen molar-refractivity contribution in [2.24, 2.45) is 0 Å². The molecule has 0 saturated heterocycles. The summed E-state index contributed by atoms with van der Waals surface area (Å²) in [7, 11) is 0. The van der Waals surface area contributed by atoms with E-state index < -0.39 is 11.8 Å². The van der Waals surface area contributed by atoms with Gasteiger partial charge in [-0.2, -0.15) is 0 Å². The maximum Gasteiger partial charge on any atom is 0.269 e. The Morgan fingerprint density at radius 1 is 1.33 bits per heavy atom. The first-order valence-corrected chi connectivity index (χ1v) is 5.37. The summed E-state index contributed by atoms with van der Waals surface area (Å²) in [6, 6.07) is 6.80. The molecule has 6 heteroatoms. The molecule has 1 aromatic rings. The predicted molar refractivity (Wildman–Crippen MR) is 60.5 cm³/mol. The smallest absolute Gasteiger partial charge is 0.269 e. The second-order valence-corrected chi connectivity index (χ2v) is 3.83. The molecule has 0 atom stereocenters. The van der Waals surface area contributed by atoms with Crippen molar-refractivity contribution in [1.82, 2.24) is 10.9 Å². The normalized spacial score (nSPS) is 9.47. The number of carbonyl (C=O) groups is 2. The standard InChI is InChI=1S/C9H8BrClN2O2/c10-7-3-1-2-6(4-7)9(15)13-12-8(14)5-11/h1-4H,5H2,(H,12,14)(H,13,15). The van der Waals surface area contributed by atoms with E-state index in [0.29, 0.717) is 5.56 Å². The zero-order valence-corrected chi connectivity index (χ0v) is 9.93. The van der Waals surface area contributed by atoms with E-state index in [2.05, 4.69) is 26.8 Å². The molecule has 0 aliphatic rings. The fraction of sp³-hybridized carbons (Fsp3) is 0.111. The summed E-state index contributed by atoms with van der Waals surface area (Å²) in [6.07, 6.45) is 0. The Bertz CT molecular complexity index is 384. The van der Waals surface area contributed by atoms with Crippen molar-refractivity contribution in [3.63, 3.8) is 0 Å². The number of benzene rings is 1. The van der Waals surface area contributed by atoms with Crippen LogP contribution >= 0.6 is 27.5 Å². The van der Waals surface area contributed by atoms with E-state index in [9.17, 15) is 9.59 Å². The van der Waals surface area contributed by atoms with Crippen LogP contribution in [0.2, 0.25) is 0 Å². The summed E-state index contributed by atoms with van der Waals surface area (Å²) in [5.41, 5.74) is 4.84. The number of carbonyl (C=O) groups excluding carboxylic acids is 2. The van der Waals surface area contributed by atoms with Gasteiger partial charge in [0.25, 0.3) is 11.8 Å². The molecule has 2 amide bonds.